The Hall–Kier alpha value is -2.15. The zero-order chi connectivity index (χ0) is 19.5. The Morgan fingerprint density at radius 3 is 2.68 bits per heavy atom. The number of benzene rings is 1. The molecule has 0 bridgehead atoms. The number of pyridine rings is 1. The molecule has 0 atom stereocenters. The van der Waals surface area contributed by atoms with Crippen molar-refractivity contribution >= 4 is 28.6 Å². The number of rotatable bonds is 6. The second-order valence-corrected chi connectivity index (χ2v) is 7.86. The first-order valence-electron chi connectivity index (χ1n) is 9.90. The van der Waals surface area contributed by atoms with Gasteiger partial charge in [0.05, 0.1) is 22.8 Å². The molecule has 1 aromatic carbocycles. The SMILES string of the molecule is Cc1cccc(Cn2c(NC3CCN(CCN)CC3)nc3c(Cl)cccc32)n1. The molecule has 1 aliphatic heterocycles. The van der Waals surface area contributed by atoms with Gasteiger partial charge in [0.1, 0.15) is 5.52 Å². The van der Waals surface area contributed by atoms with Gasteiger partial charge in [-0.3, -0.25) is 4.98 Å². The lowest BCUT2D eigenvalue weighted by molar-refractivity contribution is 0.224. The first-order valence-corrected chi connectivity index (χ1v) is 10.3. The molecule has 1 aliphatic rings. The number of nitrogens with one attached hydrogen (secondary N) is 1. The molecule has 0 aliphatic carbocycles. The summed E-state index contributed by atoms with van der Waals surface area (Å²) in [7, 11) is 0. The Bertz CT molecular complexity index is 945. The van der Waals surface area contributed by atoms with E-state index in [0.717, 1.165) is 67.4 Å². The molecular weight excluding hydrogens is 372 g/mol. The minimum Gasteiger partial charge on any atom is -0.353 e. The molecule has 3 aromatic rings. The maximum atomic E-state index is 6.43. The summed E-state index contributed by atoms with van der Waals surface area (Å²) in [5.41, 5.74) is 9.58. The number of halogens is 1. The molecule has 4 rings (SSSR count). The lowest BCUT2D eigenvalue weighted by Crippen LogP contribution is -2.41. The molecule has 28 heavy (non-hydrogen) atoms. The van der Waals surface area contributed by atoms with E-state index in [-0.39, 0.29) is 0 Å². The van der Waals surface area contributed by atoms with Crippen molar-refractivity contribution in [3.8, 4) is 0 Å². The first-order chi connectivity index (χ1) is 13.6. The largest absolute Gasteiger partial charge is 0.353 e. The Labute approximate surface area is 170 Å². The molecule has 3 N–H and O–H groups in total. The molecule has 1 saturated heterocycles. The van der Waals surface area contributed by atoms with Crippen LogP contribution in [-0.2, 0) is 6.54 Å². The van der Waals surface area contributed by atoms with Gasteiger partial charge in [-0.1, -0.05) is 23.7 Å². The Kier molecular flexibility index (Phi) is 5.80. The predicted octanol–water partition coefficient (Wildman–Crippen LogP) is 3.28. The number of para-hydroxylation sites is 1. The van der Waals surface area contributed by atoms with Crippen LogP contribution in [0.25, 0.3) is 11.0 Å². The van der Waals surface area contributed by atoms with Crippen molar-refractivity contribution < 1.29 is 0 Å². The molecule has 2 aromatic heterocycles. The van der Waals surface area contributed by atoms with Gasteiger partial charge in [0.15, 0.2) is 0 Å². The fourth-order valence-corrected chi connectivity index (χ4v) is 4.11. The van der Waals surface area contributed by atoms with Crippen LogP contribution in [0.4, 0.5) is 5.95 Å². The number of fused-ring (bicyclic) bond motifs is 1. The normalized spacial score (nSPS) is 16.0. The van der Waals surface area contributed by atoms with Crippen molar-refractivity contribution in [2.75, 3.05) is 31.5 Å². The summed E-state index contributed by atoms with van der Waals surface area (Å²) >= 11 is 6.43. The van der Waals surface area contributed by atoms with E-state index in [1.165, 1.54) is 0 Å². The molecular formula is C21H27ClN6. The van der Waals surface area contributed by atoms with Gasteiger partial charge in [-0.25, -0.2) is 4.98 Å². The van der Waals surface area contributed by atoms with E-state index in [1.807, 2.05) is 31.2 Å². The van der Waals surface area contributed by atoms with Gasteiger partial charge in [0, 0.05) is 37.9 Å². The Balaban J connectivity index is 1.61. The van der Waals surface area contributed by atoms with Crippen molar-refractivity contribution in [1.82, 2.24) is 19.4 Å². The minimum atomic E-state index is 0.397. The first kappa shape index (κ1) is 19.2. The molecule has 148 valence electrons. The highest BCUT2D eigenvalue weighted by Gasteiger charge is 2.21. The number of nitrogens with zero attached hydrogens (tertiary/aromatic N) is 4. The van der Waals surface area contributed by atoms with Gasteiger partial charge in [0.2, 0.25) is 5.95 Å². The average molecular weight is 399 g/mol. The van der Waals surface area contributed by atoms with Crippen LogP contribution in [0.5, 0.6) is 0 Å². The molecule has 0 unspecified atom stereocenters. The molecule has 1 fully saturated rings. The number of aryl methyl sites for hydroxylation is 1. The number of nitrogens with two attached hydrogens (primary N) is 1. The maximum absolute atomic E-state index is 6.43. The van der Waals surface area contributed by atoms with Crippen molar-refractivity contribution in [2.24, 2.45) is 5.73 Å². The lowest BCUT2D eigenvalue weighted by Gasteiger charge is -2.32. The zero-order valence-electron chi connectivity index (χ0n) is 16.2. The van der Waals surface area contributed by atoms with Crippen LogP contribution in [0.2, 0.25) is 5.02 Å². The number of likely N-dealkylation sites (tertiary alicyclic amines) is 1. The molecule has 3 heterocycles. The number of hydrogen-bond donors (Lipinski definition) is 2. The summed E-state index contributed by atoms with van der Waals surface area (Å²) in [6.45, 7) is 6.49. The van der Waals surface area contributed by atoms with Gasteiger partial charge < -0.3 is 20.5 Å². The van der Waals surface area contributed by atoms with Crippen LogP contribution in [0, 0.1) is 6.92 Å². The molecule has 7 heteroatoms. The third-order valence-electron chi connectivity index (χ3n) is 5.36. The molecule has 0 amide bonds. The van der Waals surface area contributed by atoms with Crippen LogP contribution in [0.1, 0.15) is 24.2 Å². The highest BCUT2D eigenvalue weighted by Crippen LogP contribution is 2.28. The van der Waals surface area contributed by atoms with E-state index in [0.29, 0.717) is 17.6 Å². The number of imidazole rings is 1. The lowest BCUT2D eigenvalue weighted by atomic mass is 10.1. The van der Waals surface area contributed by atoms with Gasteiger partial charge in [-0.15, -0.1) is 0 Å². The minimum absolute atomic E-state index is 0.397. The fourth-order valence-electron chi connectivity index (χ4n) is 3.90. The summed E-state index contributed by atoms with van der Waals surface area (Å²) in [5, 5.41) is 4.35. The van der Waals surface area contributed by atoms with Gasteiger partial charge in [0.25, 0.3) is 0 Å². The Morgan fingerprint density at radius 1 is 1.14 bits per heavy atom. The van der Waals surface area contributed by atoms with Crippen molar-refractivity contribution in [3.05, 3.63) is 52.8 Å². The zero-order valence-corrected chi connectivity index (χ0v) is 17.0. The van der Waals surface area contributed by atoms with Crippen molar-refractivity contribution in [1.29, 1.82) is 0 Å². The predicted molar refractivity (Wildman–Crippen MR) is 115 cm³/mol. The number of anilines is 1. The molecule has 6 nitrogen and oxygen atoms in total. The molecule has 0 saturated carbocycles. The fraction of sp³-hybridized carbons (Fsp3) is 0.429. The van der Waals surface area contributed by atoms with Crippen LogP contribution in [0.3, 0.4) is 0 Å². The van der Waals surface area contributed by atoms with Gasteiger partial charge >= 0.3 is 0 Å². The topological polar surface area (TPSA) is 72.0 Å². The summed E-state index contributed by atoms with van der Waals surface area (Å²) in [6.07, 6.45) is 2.17. The van der Waals surface area contributed by atoms with E-state index < -0.39 is 0 Å². The molecule has 0 spiro atoms. The standard InChI is InChI=1S/C21H27ClN6/c1-15-4-2-5-17(24-15)14-28-19-7-3-6-18(22)20(19)26-21(28)25-16-8-11-27(12-9-16)13-10-23/h2-7,16H,8-14,23H2,1H3,(H,25,26). The second kappa shape index (κ2) is 8.47. The van der Waals surface area contributed by atoms with E-state index in [9.17, 15) is 0 Å². The van der Waals surface area contributed by atoms with Crippen molar-refractivity contribution in [3.63, 3.8) is 0 Å². The summed E-state index contributed by atoms with van der Waals surface area (Å²) < 4.78 is 2.19. The van der Waals surface area contributed by atoms with E-state index in [4.69, 9.17) is 22.3 Å². The summed E-state index contributed by atoms with van der Waals surface area (Å²) in [4.78, 5) is 11.9. The van der Waals surface area contributed by atoms with Crippen molar-refractivity contribution in [2.45, 2.75) is 32.4 Å². The second-order valence-electron chi connectivity index (χ2n) is 7.45. The maximum Gasteiger partial charge on any atom is 0.204 e. The third-order valence-corrected chi connectivity index (χ3v) is 5.67. The summed E-state index contributed by atoms with van der Waals surface area (Å²) in [6, 6.07) is 12.4. The smallest absolute Gasteiger partial charge is 0.204 e. The quantitative estimate of drug-likeness (QED) is 0.666. The number of hydrogen-bond acceptors (Lipinski definition) is 5. The Morgan fingerprint density at radius 2 is 1.93 bits per heavy atom. The van der Waals surface area contributed by atoms with Crippen LogP contribution < -0.4 is 11.1 Å². The van der Waals surface area contributed by atoms with E-state index >= 15 is 0 Å². The summed E-state index contributed by atoms with van der Waals surface area (Å²) in [5.74, 6) is 0.865. The highest BCUT2D eigenvalue weighted by molar-refractivity contribution is 6.35. The highest BCUT2D eigenvalue weighted by atomic mass is 35.5. The number of aromatic nitrogens is 3. The number of piperidine rings is 1. The van der Waals surface area contributed by atoms with Crippen LogP contribution in [0.15, 0.2) is 36.4 Å². The average Bonchev–Trinajstić information content (AvgIpc) is 3.02. The van der Waals surface area contributed by atoms with Crippen LogP contribution in [-0.4, -0.2) is 51.7 Å². The monoisotopic (exact) mass is 398 g/mol. The van der Waals surface area contributed by atoms with Gasteiger partial charge in [-0.05, 0) is 44.0 Å². The van der Waals surface area contributed by atoms with E-state index in [1.54, 1.807) is 0 Å². The van der Waals surface area contributed by atoms with E-state index in [2.05, 4.69) is 31.9 Å². The molecule has 0 radical (unpaired) electrons. The third kappa shape index (κ3) is 4.14. The van der Waals surface area contributed by atoms with Crippen LogP contribution >= 0.6 is 11.6 Å². The van der Waals surface area contributed by atoms with Gasteiger partial charge in [-0.2, -0.15) is 0 Å².